The van der Waals surface area contributed by atoms with E-state index in [1.165, 1.54) is 0 Å². The molecule has 0 saturated heterocycles. The van der Waals surface area contributed by atoms with Crippen LogP contribution in [0.3, 0.4) is 0 Å². The third kappa shape index (κ3) is 2.70. The summed E-state index contributed by atoms with van der Waals surface area (Å²) in [6.45, 7) is 0. The molecule has 0 saturated carbocycles. The quantitative estimate of drug-likeness (QED) is 0.877. The molecule has 2 aromatic rings. The van der Waals surface area contributed by atoms with E-state index >= 15 is 0 Å². The largest absolute Gasteiger partial charge is 0.361 e. The van der Waals surface area contributed by atoms with Gasteiger partial charge in [0.1, 0.15) is 0 Å². The molecule has 0 atom stereocenters. The molecule has 0 radical (unpaired) electrons. The van der Waals surface area contributed by atoms with Gasteiger partial charge < -0.3 is 4.98 Å². The highest BCUT2D eigenvalue weighted by Gasteiger charge is 2.09. The van der Waals surface area contributed by atoms with E-state index in [2.05, 4.69) is 4.98 Å². The number of rotatable bonds is 3. The lowest BCUT2D eigenvalue weighted by atomic mass is 10.1. The first kappa shape index (κ1) is 11.8. The molecule has 2 rings (SSSR count). The third-order valence-corrected chi connectivity index (χ3v) is 3.73. The Morgan fingerprint density at radius 1 is 1.31 bits per heavy atom. The number of aryl methyl sites for hydroxylation is 1. The molecular formula is C10H9Cl2NO2S. The Hall–Kier alpha value is -0.710. The lowest BCUT2D eigenvalue weighted by molar-refractivity contribution is 0.609. The Morgan fingerprint density at radius 2 is 2.06 bits per heavy atom. The van der Waals surface area contributed by atoms with Crippen molar-refractivity contribution in [3.63, 3.8) is 0 Å². The van der Waals surface area contributed by atoms with Gasteiger partial charge in [-0.3, -0.25) is 0 Å². The van der Waals surface area contributed by atoms with Crippen molar-refractivity contribution in [1.82, 2.24) is 4.98 Å². The van der Waals surface area contributed by atoms with Gasteiger partial charge in [0.25, 0.3) is 0 Å². The van der Waals surface area contributed by atoms with Crippen molar-refractivity contribution in [2.75, 3.05) is 5.75 Å². The minimum absolute atomic E-state index is 0.0653. The van der Waals surface area contributed by atoms with Gasteiger partial charge in [-0.25, -0.2) is 8.42 Å². The molecule has 1 heterocycles. The van der Waals surface area contributed by atoms with Crippen molar-refractivity contribution in [2.24, 2.45) is 0 Å². The van der Waals surface area contributed by atoms with Gasteiger partial charge >= 0.3 is 0 Å². The van der Waals surface area contributed by atoms with E-state index in [0.29, 0.717) is 11.4 Å². The number of hydrogen-bond acceptors (Lipinski definition) is 2. The average Bonchev–Trinajstić information content (AvgIpc) is 2.56. The number of aromatic nitrogens is 1. The summed E-state index contributed by atoms with van der Waals surface area (Å²) in [5.41, 5.74) is 1.82. The van der Waals surface area contributed by atoms with E-state index in [-0.39, 0.29) is 5.75 Å². The van der Waals surface area contributed by atoms with E-state index < -0.39 is 9.05 Å². The SMILES string of the molecule is O=S(=O)(Cl)CCc1c[nH]c2cc(Cl)ccc12. The van der Waals surface area contributed by atoms with Gasteiger partial charge in [-0.2, -0.15) is 0 Å². The Morgan fingerprint density at radius 3 is 2.75 bits per heavy atom. The molecule has 1 N–H and O–H groups in total. The highest BCUT2D eigenvalue weighted by Crippen LogP contribution is 2.22. The van der Waals surface area contributed by atoms with Gasteiger partial charge in [-0.1, -0.05) is 17.7 Å². The number of benzene rings is 1. The van der Waals surface area contributed by atoms with Crippen LogP contribution in [-0.4, -0.2) is 19.2 Å². The summed E-state index contributed by atoms with van der Waals surface area (Å²) >= 11 is 5.84. The second kappa shape index (κ2) is 4.28. The maximum absolute atomic E-state index is 10.9. The van der Waals surface area contributed by atoms with Gasteiger partial charge in [0.05, 0.1) is 5.75 Å². The number of nitrogens with one attached hydrogen (secondary N) is 1. The standard InChI is InChI=1S/C10H9Cl2NO2S/c11-8-1-2-9-7(3-4-16(12,14)15)6-13-10(9)5-8/h1-2,5-6,13H,3-4H2. The number of aromatic amines is 1. The van der Waals surface area contributed by atoms with E-state index in [1.54, 1.807) is 18.3 Å². The van der Waals surface area contributed by atoms with Crippen molar-refractivity contribution in [2.45, 2.75) is 6.42 Å². The van der Waals surface area contributed by atoms with Crippen molar-refractivity contribution >= 4 is 42.2 Å². The zero-order valence-corrected chi connectivity index (χ0v) is 10.5. The predicted octanol–water partition coefficient (Wildman–Crippen LogP) is 2.93. The molecule has 16 heavy (non-hydrogen) atoms. The third-order valence-electron chi connectivity index (χ3n) is 2.34. The van der Waals surface area contributed by atoms with Crippen LogP contribution in [0.1, 0.15) is 5.56 Å². The zero-order valence-electron chi connectivity index (χ0n) is 8.20. The molecule has 0 bridgehead atoms. The molecule has 0 unspecified atom stereocenters. The zero-order chi connectivity index (χ0) is 11.8. The van der Waals surface area contributed by atoms with Gasteiger partial charge in [0.15, 0.2) is 0 Å². The van der Waals surface area contributed by atoms with Crippen LogP contribution >= 0.6 is 22.3 Å². The summed E-state index contributed by atoms with van der Waals surface area (Å²) in [6.07, 6.45) is 2.18. The van der Waals surface area contributed by atoms with Crippen LogP contribution in [0.2, 0.25) is 5.02 Å². The molecule has 1 aromatic carbocycles. The van der Waals surface area contributed by atoms with Crippen LogP contribution in [0.4, 0.5) is 0 Å². The van der Waals surface area contributed by atoms with E-state index in [1.807, 2.05) is 6.07 Å². The summed E-state index contributed by atoms with van der Waals surface area (Å²) < 4.78 is 21.7. The van der Waals surface area contributed by atoms with Crippen LogP contribution in [0.5, 0.6) is 0 Å². The minimum atomic E-state index is -3.44. The maximum Gasteiger partial charge on any atom is 0.232 e. The summed E-state index contributed by atoms with van der Waals surface area (Å²) in [6, 6.07) is 5.44. The van der Waals surface area contributed by atoms with Gasteiger partial charge in [-0.05, 0) is 24.1 Å². The Labute approximate surface area is 103 Å². The van der Waals surface area contributed by atoms with Crippen LogP contribution in [0, 0.1) is 0 Å². The normalized spacial score (nSPS) is 12.1. The second-order valence-corrected chi connectivity index (χ2v) is 6.83. The number of fused-ring (bicyclic) bond motifs is 1. The molecule has 86 valence electrons. The maximum atomic E-state index is 10.9. The summed E-state index contributed by atoms with van der Waals surface area (Å²) in [5.74, 6) is -0.0653. The number of H-pyrrole nitrogens is 1. The Kier molecular flexibility index (Phi) is 3.15. The smallest absolute Gasteiger partial charge is 0.232 e. The molecule has 0 amide bonds. The predicted molar refractivity (Wildman–Crippen MR) is 66.7 cm³/mol. The number of halogens is 2. The highest BCUT2D eigenvalue weighted by atomic mass is 35.7. The monoisotopic (exact) mass is 277 g/mol. The number of hydrogen-bond donors (Lipinski definition) is 1. The fourth-order valence-electron chi connectivity index (χ4n) is 1.60. The lowest BCUT2D eigenvalue weighted by Gasteiger charge is -1.97. The lowest BCUT2D eigenvalue weighted by Crippen LogP contribution is -2.00. The first-order chi connectivity index (χ1) is 7.46. The fourth-order valence-corrected chi connectivity index (χ4v) is 2.46. The molecule has 0 aliphatic rings. The fraction of sp³-hybridized carbons (Fsp3) is 0.200. The Balaban J connectivity index is 2.32. The molecule has 0 fully saturated rings. The van der Waals surface area contributed by atoms with Crippen molar-refractivity contribution in [1.29, 1.82) is 0 Å². The van der Waals surface area contributed by atoms with Crippen molar-refractivity contribution in [3.8, 4) is 0 Å². The molecule has 0 aliphatic heterocycles. The summed E-state index contributed by atoms with van der Waals surface area (Å²) in [5, 5.41) is 1.62. The van der Waals surface area contributed by atoms with Gasteiger partial charge in [0, 0.05) is 32.8 Å². The molecular weight excluding hydrogens is 269 g/mol. The second-order valence-electron chi connectivity index (χ2n) is 3.50. The molecule has 1 aromatic heterocycles. The molecule has 0 aliphatic carbocycles. The van der Waals surface area contributed by atoms with Crippen LogP contribution < -0.4 is 0 Å². The van der Waals surface area contributed by atoms with E-state index in [4.69, 9.17) is 22.3 Å². The van der Waals surface area contributed by atoms with E-state index in [0.717, 1.165) is 16.5 Å². The van der Waals surface area contributed by atoms with Crippen LogP contribution in [0.25, 0.3) is 10.9 Å². The Bertz CT molecular complexity index is 619. The molecule has 3 nitrogen and oxygen atoms in total. The van der Waals surface area contributed by atoms with E-state index in [9.17, 15) is 8.42 Å². The summed E-state index contributed by atoms with van der Waals surface area (Å²) in [7, 11) is 1.72. The summed E-state index contributed by atoms with van der Waals surface area (Å²) in [4.78, 5) is 3.04. The highest BCUT2D eigenvalue weighted by molar-refractivity contribution is 8.13. The molecule has 6 heteroatoms. The topological polar surface area (TPSA) is 49.9 Å². The van der Waals surface area contributed by atoms with Gasteiger partial charge in [0.2, 0.25) is 9.05 Å². The first-order valence-corrected chi connectivity index (χ1v) is 7.49. The minimum Gasteiger partial charge on any atom is -0.361 e. The van der Waals surface area contributed by atoms with Crippen molar-refractivity contribution < 1.29 is 8.42 Å². The average molecular weight is 278 g/mol. The van der Waals surface area contributed by atoms with Crippen molar-refractivity contribution in [3.05, 3.63) is 35.0 Å². The molecule has 0 spiro atoms. The van der Waals surface area contributed by atoms with Crippen LogP contribution in [-0.2, 0) is 15.5 Å². The van der Waals surface area contributed by atoms with Crippen LogP contribution in [0.15, 0.2) is 24.4 Å². The first-order valence-electron chi connectivity index (χ1n) is 4.63. The van der Waals surface area contributed by atoms with Gasteiger partial charge in [-0.15, -0.1) is 0 Å².